The number of nitrogens with one attached hydrogen (secondary N) is 2. The smallest absolute Gasteiger partial charge is 0.322 e. The van der Waals surface area contributed by atoms with Gasteiger partial charge in [0.15, 0.2) is 0 Å². The van der Waals surface area contributed by atoms with E-state index in [9.17, 15) is 18.3 Å². The molecule has 0 aliphatic heterocycles. The van der Waals surface area contributed by atoms with E-state index in [1.165, 1.54) is 6.07 Å². The Morgan fingerprint density at radius 3 is 2.42 bits per heavy atom. The summed E-state index contributed by atoms with van der Waals surface area (Å²) in [5, 5.41) is 11.9. The fraction of sp³-hybridized carbons (Fsp3) is 0.174. The standard InChI is InChI=1S/C23H23N3O4S/c1-26(2)21-11-5-9-18-17(21)8-6-12-22(18)31(29,30)25-20(23(27)28)13-15-14-24-19-10-4-3-7-16(15)19/h3-12,14,20,24-25H,13H2,1-2H3,(H,27,28). The lowest BCUT2D eigenvalue weighted by atomic mass is 10.1. The summed E-state index contributed by atoms with van der Waals surface area (Å²) in [4.78, 5) is 17.0. The molecule has 3 N–H and O–H groups in total. The lowest BCUT2D eigenvalue weighted by Crippen LogP contribution is -2.42. The number of fused-ring (bicyclic) bond motifs is 2. The molecular weight excluding hydrogens is 414 g/mol. The molecule has 31 heavy (non-hydrogen) atoms. The Balaban J connectivity index is 1.71. The summed E-state index contributed by atoms with van der Waals surface area (Å²) in [5.41, 5.74) is 2.48. The molecule has 4 aromatic rings. The van der Waals surface area contributed by atoms with Crippen molar-refractivity contribution in [3.05, 3.63) is 72.4 Å². The van der Waals surface area contributed by atoms with E-state index in [0.717, 1.165) is 27.5 Å². The molecule has 0 radical (unpaired) electrons. The second kappa shape index (κ2) is 8.05. The van der Waals surface area contributed by atoms with Crippen LogP contribution in [0.2, 0.25) is 0 Å². The van der Waals surface area contributed by atoms with Gasteiger partial charge < -0.3 is 15.0 Å². The highest BCUT2D eigenvalue weighted by molar-refractivity contribution is 7.89. The molecule has 0 aliphatic carbocycles. The van der Waals surface area contributed by atoms with Crippen molar-refractivity contribution >= 4 is 43.4 Å². The third kappa shape index (κ3) is 3.99. The molecule has 4 rings (SSSR count). The number of hydrogen-bond acceptors (Lipinski definition) is 4. The van der Waals surface area contributed by atoms with Crippen molar-refractivity contribution in [2.75, 3.05) is 19.0 Å². The van der Waals surface area contributed by atoms with Gasteiger partial charge in [0.2, 0.25) is 10.0 Å². The normalized spacial score (nSPS) is 12.8. The minimum atomic E-state index is -4.09. The van der Waals surface area contributed by atoms with Crippen molar-refractivity contribution in [1.29, 1.82) is 0 Å². The molecule has 8 heteroatoms. The zero-order valence-electron chi connectivity index (χ0n) is 17.2. The first-order chi connectivity index (χ1) is 14.8. The van der Waals surface area contributed by atoms with Gasteiger partial charge in [0.05, 0.1) is 4.90 Å². The third-order valence-electron chi connectivity index (χ3n) is 5.32. The number of carbonyl (C=O) groups is 1. The minimum absolute atomic E-state index is 0.0201. The number of H-pyrrole nitrogens is 1. The van der Waals surface area contributed by atoms with Crippen molar-refractivity contribution in [3.63, 3.8) is 0 Å². The summed E-state index contributed by atoms with van der Waals surface area (Å²) in [6.45, 7) is 0. The number of hydrogen-bond donors (Lipinski definition) is 3. The van der Waals surface area contributed by atoms with E-state index in [2.05, 4.69) is 9.71 Å². The van der Waals surface area contributed by atoms with Crippen LogP contribution in [-0.2, 0) is 21.2 Å². The number of anilines is 1. The summed E-state index contributed by atoms with van der Waals surface area (Å²) in [7, 11) is -0.320. The molecular formula is C23H23N3O4S. The number of carboxylic acid groups (broad SMARTS) is 1. The fourth-order valence-corrected chi connectivity index (χ4v) is 5.25. The molecule has 1 aromatic heterocycles. The molecule has 0 bridgehead atoms. The summed E-state index contributed by atoms with van der Waals surface area (Å²) >= 11 is 0. The van der Waals surface area contributed by atoms with Crippen LogP contribution in [0, 0.1) is 0 Å². The maximum atomic E-state index is 13.2. The maximum absolute atomic E-state index is 13.2. The summed E-state index contributed by atoms with van der Waals surface area (Å²) in [5.74, 6) is -1.23. The minimum Gasteiger partial charge on any atom is -0.480 e. The van der Waals surface area contributed by atoms with E-state index >= 15 is 0 Å². The number of rotatable bonds is 7. The fourth-order valence-electron chi connectivity index (χ4n) is 3.84. The molecule has 0 spiro atoms. The van der Waals surface area contributed by atoms with Crippen LogP contribution >= 0.6 is 0 Å². The van der Waals surface area contributed by atoms with Crippen molar-refractivity contribution in [2.45, 2.75) is 17.4 Å². The predicted molar refractivity (Wildman–Crippen MR) is 122 cm³/mol. The first-order valence-electron chi connectivity index (χ1n) is 9.77. The Bertz CT molecular complexity index is 1380. The molecule has 1 heterocycles. The van der Waals surface area contributed by atoms with Crippen LogP contribution in [0.5, 0.6) is 0 Å². The van der Waals surface area contributed by atoms with Gasteiger partial charge in [0.25, 0.3) is 0 Å². The van der Waals surface area contributed by atoms with Gasteiger partial charge in [-0.3, -0.25) is 4.79 Å². The van der Waals surface area contributed by atoms with Gasteiger partial charge in [-0.2, -0.15) is 4.72 Å². The van der Waals surface area contributed by atoms with Gasteiger partial charge >= 0.3 is 5.97 Å². The topological polar surface area (TPSA) is 103 Å². The number of benzene rings is 3. The monoisotopic (exact) mass is 437 g/mol. The number of aromatic nitrogens is 1. The van der Waals surface area contributed by atoms with Gasteiger partial charge in [-0.05, 0) is 23.8 Å². The number of carboxylic acids is 1. The van der Waals surface area contributed by atoms with E-state index in [-0.39, 0.29) is 11.3 Å². The van der Waals surface area contributed by atoms with Gasteiger partial charge in [-0.15, -0.1) is 0 Å². The van der Waals surface area contributed by atoms with Crippen LogP contribution in [0.15, 0.2) is 71.8 Å². The zero-order chi connectivity index (χ0) is 22.2. The summed E-state index contributed by atoms with van der Waals surface area (Å²) in [6, 6.07) is 16.6. The Morgan fingerprint density at radius 1 is 1.00 bits per heavy atom. The Morgan fingerprint density at radius 2 is 1.68 bits per heavy atom. The SMILES string of the molecule is CN(C)c1cccc2c(S(=O)(=O)NC(Cc3c[nH]c4ccccc34)C(=O)O)cccc12. The highest BCUT2D eigenvalue weighted by atomic mass is 32.2. The number of para-hydroxylation sites is 1. The van der Waals surface area contributed by atoms with Crippen LogP contribution < -0.4 is 9.62 Å². The lowest BCUT2D eigenvalue weighted by molar-refractivity contribution is -0.138. The molecule has 0 amide bonds. The van der Waals surface area contributed by atoms with Crippen molar-refractivity contribution < 1.29 is 18.3 Å². The highest BCUT2D eigenvalue weighted by Crippen LogP contribution is 2.30. The van der Waals surface area contributed by atoms with E-state index in [1.54, 1.807) is 24.4 Å². The van der Waals surface area contributed by atoms with Crippen molar-refractivity contribution in [1.82, 2.24) is 9.71 Å². The molecule has 160 valence electrons. The Hall–Kier alpha value is -3.36. The lowest BCUT2D eigenvalue weighted by Gasteiger charge is -2.18. The number of aromatic amines is 1. The largest absolute Gasteiger partial charge is 0.480 e. The zero-order valence-corrected chi connectivity index (χ0v) is 18.0. The second-order valence-corrected chi connectivity index (χ2v) is 9.28. The molecule has 0 saturated carbocycles. The summed E-state index contributed by atoms with van der Waals surface area (Å²) in [6.07, 6.45) is 1.74. The number of aliphatic carboxylic acids is 1. The average molecular weight is 438 g/mol. The van der Waals surface area contributed by atoms with Gasteiger partial charge in [0, 0.05) is 54.1 Å². The Labute approximate surface area is 180 Å². The number of nitrogens with zero attached hydrogens (tertiary/aromatic N) is 1. The second-order valence-electron chi connectivity index (χ2n) is 7.60. The van der Waals surface area contributed by atoms with Crippen molar-refractivity contribution in [2.24, 2.45) is 0 Å². The van der Waals surface area contributed by atoms with Gasteiger partial charge in [-0.25, -0.2) is 8.42 Å². The van der Waals surface area contributed by atoms with E-state index in [1.807, 2.05) is 55.4 Å². The molecule has 0 aliphatic rings. The van der Waals surface area contributed by atoms with Crippen LogP contribution in [0.3, 0.4) is 0 Å². The van der Waals surface area contributed by atoms with Gasteiger partial charge in [0.1, 0.15) is 6.04 Å². The molecule has 0 fully saturated rings. The van der Waals surface area contributed by atoms with Crippen LogP contribution in [-0.4, -0.2) is 44.6 Å². The third-order valence-corrected chi connectivity index (χ3v) is 6.85. The van der Waals surface area contributed by atoms with E-state index < -0.39 is 22.0 Å². The summed E-state index contributed by atoms with van der Waals surface area (Å²) < 4.78 is 28.9. The van der Waals surface area contributed by atoms with Gasteiger partial charge in [-0.1, -0.05) is 42.5 Å². The van der Waals surface area contributed by atoms with Crippen LogP contribution in [0.4, 0.5) is 5.69 Å². The van der Waals surface area contributed by atoms with Crippen molar-refractivity contribution in [3.8, 4) is 0 Å². The predicted octanol–water partition coefficient (Wildman–Crippen LogP) is 3.36. The molecule has 0 saturated heterocycles. The highest BCUT2D eigenvalue weighted by Gasteiger charge is 2.28. The maximum Gasteiger partial charge on any atom is 0.322 e. The number of sulfonamides is 1. The van der Waals surface area contributed by atoms with Crippen LogP contribution in [0.1, 0.15) is 5.56 Å². The van der Waals surface area contributed by atoms with Crippen LogP contribution in [0.25, 0.3) is 21.7 Å². The first kappa shape index (κ1) is 20.9. The average Bonchev–Trinajstić information content (AvgIpc) is 3.15. The molecule has 1 atom stereocenters. The molecule has 1 unspecified atom stereocenters. The molecule has 3 aromatic carbocycles. The van der Waals surface area contributed by atoms with E-state index in [4.69, 9.17) is 0 Å². The molecule has 7 nitrogen and oxygen atoms in total. The quantitative estimate of drug-likeness (QED) is 0.411. The van der Waals surface area contributed by atoms with E-state index in [0.29, 0.717) is 5.39 Å². The first-order valence-corrected chi connectivity index (χ1v) is 11.3. The Kier molecular flexibility index (Phi) is 5.43.